The van der Waals surface area contributed by atoms with Crippen LogP contribution in [0.4, 0.5) is 0 Å². The van der Waals surface area contributed by atoms with Crippen molar-refractivity contribution in [2.45, 2.75) is 25.8 Å². The summed E-state index contributed by atoms with van der Waals surface area (Å²) < 4.78 is 11.3. The quantitative estimate of drug-likeness (QED) is 0.841. The fourth-order valence-electron chi connectivity index (χ4n) is 3.31. The summed E-state index contributed by atoms with van der Waals surface area (Å²) in [4.78, 5) is 16.8. The van der Waals surface area contributed by atoms with Gasteiger partial charge in [-0.25, -0.2) is 0 Å². The second kappa shape index (κ2) is 5.89. The van der Waals surface area contributed by atoms with Gasteiger partial charge in [-0.1, -0.05) is 6.07 Å². The number of ether oxygens (including phenoxy) is 2. The van der Waals surface area contributed by atoms with Crippen LogP contribution in [0.15, 0.2) is 30.3 Å². The van der Waals surface area contributed by atoms with E-state index in [0.717, 1.165) is 41.3 Å². The molecular formula is C18H19NO3S. The van der Waals surface area contributed by atoms with Gasteiger partial charge in [-0.15, -0.1) is 11.3 Å². The minimum atomic E-state index is 0.126. The smallest absolute Gasteiger partial charge is 0.264 e. The van der Waals surface area contributed by atoms with E-state index in [2.05, 4.69) is 6.07 Å². The van der Waals surface area contributed by atoms with E-state index in [-0.39, 0.29) is 11.9 Å². The molecule has 23 heavy (non-hydrogen) atoms. The first-order valence-electron chi connectivity index (χ1n) is 7.99. The van der Waals surface area contributed by atoms with Gasteiger partial charge < -0.3 is 14.4 Å². The van der Waals surface area contributed by atoms with E-state index in [1.54, 1.807) is 11.3 Å². The highest BCUT2D eigenvalue weighted by atomic mass is 32.1. The zero-order valence-corrected chi connectivity index (χ0v) is 13.9. The van der Waals surface area contributed by atoms with Gasteiger partial charge >= 0.3 is 0 Å². The molecule has 2 aliphatic heterocycles. The van der Waals surface area contributed by atoms with E-state index in [1.165, 1.54) is 4.88 Å². The van der Waals surface area contributed by atoms with Gasteiger partial charge in [0.2, 0.25) is 0 Å². The number of amides is 1. The fraction of sp³-hybridized carbons (Fsp3) is 0.389. The second-order valence-corrected chi connectivity index (χ2v) is 7.26. The van der Waals surface area contributed by atoms with Gasteiger partial charge in [0.15, 0.2) is 11.5 Å². The highest BCUT2D eigenvalue weighted by Gasteiger charge is 2.32. The third-order valence-electron chi connectivity index (χ3n) is 4.42. The number of rotatable bonds is 2. The Morgan fingerprint density at radius 1 is 1.17 bits per heavy atom. The average molecular weight is 329 g/mol. The van der Waals surface area contributed by atoms with E-state index in [9.17, 15) is 4.79 Å². The molecule has 0 bridgehead atoms. The van der Waals surface area contributed by atoms with Crippen LogP contribution in [0.2, 0.25) is 0 Å². The van der Waals surface area contributed by atoms with Crippen molar-refractivity contribution in [1.82, 2.24) is 4.90 Å². The molecule has 4 rings (SSSR count). The Hall–Kier alpha value is -2.01. The number of thiophene rings is 1. The number of fused-ring (bicyclic) bond motifs is 1. The van der Waals surface area contributed by atoms with Gasteiger partial charge in [-0.2, -0.15) is 0 Å². The lowest BCUT2D eigenvalue weighted by atomic mass is 10.0. The Morgan fingerprint density at radius 3 is 2.78 bits per heavy atom. The third kappa shape index (κ3) is 2.70. The Balaban J connectivity index is 1.61. The first-order valence-corrected chi connectivity index (χ1v) is 8.81. The molecular weight excluding hydrogens is 310 g/mol. The minimum Gasteiger partial charge on any atom is -0.486 e. The molecule has 1 aromatic heterocycles. The second-order valence-electron chi connectivity index (χ2n) is 5.97. The molecule has 0 N–H and O–H groups in total. The van der Waals surface area contributed by atoms with Gasteiger partial charge in [0.1, 0.15) is 13.2 Å². The van der Waals surface area contributed by atoms with E-state index in [4.69, 9.17) is 9.47 Å². The van der Waals surface area contributed by atoms with E-state index in [0.29, 0.717) is 13.2 Å². The standard InChI is InChI=1S/C18H19NO3S/c1-12-4-7-17(23-12)18(20)19-8-2-3-14(19)13-5-6-15-16(11-13)22-10-9-21-15/h4-7,11,14H,2-3,8-10H2,1H3. The number of likely N-dealkylation sites (tertiary alicyclic amines) is 1. The number of aryl methyl sites for hydroxylation is 1. The Labute approximate surface area is 139 Å². The SMILES string of the molecule is Cc1ccc(C(=O)N2CCCC2c2ccc3c(c2)OCCO3)s1. The summed E-state index contributed by atoms with van der Waals surface area (Å²) in [5.41, 5.74) is 1.13. The summed E-state index contributed by atoms with van der Waals surface area (Å²) in [5, 5.41) is 0. The molecule has 3 heterocycles. The van der Waals surface area contributed by atoms with E-state index >= 15 is 0 Å². The Kier molecular flexibility index (Phi) is 3.73. The van der Waals surface area contributed by atoms with Crippen molar-refractivity contribution < 1.29 is 14.3 Å². The largest absolute Gasteiger partial charge is 0.486 e. The molecule has 5 heteroatoms. The predicted molar refractivity (Wildman–Crippen MR) is 89.5 cm³/mol. The highest BCUT2D eigenvalue weighted by molar-refractivity contribution is 7.13. The van der Waals surface area contributed by atoms with Crippen LogP contribution in [0.3, 0.4) is 0 Å². The van der Waals surface area contributed by atoms with Crippen LogP contribution in [0.1, 0.15) is 39.0 Å². The predicted octanol–water partition coefficient (Wildman–Crippen LogP) is 3.81. The minimum absolute atomic E-state index is 0.126. The number of nitrogens with zero attached hydrogens (tertiary/aromatic N) is 1. The first-order chi connectivity index (χ1) is 11.2. The zero-order chi connectivity index (χ0) is 15.8. The van der Waals surface area contributed by atoms with Crippen LogP contribution in [-0.4, -0.2) is 30.6 Å². The summed E-state index contributed by atoms with van der Waals surface area (Å²) in [6.45, 7) is 4.02. The molecule has 120 valence electrons. The average Bonchev–Trinajstić information content (AvgIpc) is 3.23. The summed E-state index contributed by atoms with van der Waals surface area (Å²) in [6, 6.07) is 10.1. The Bertz CT molecular complexity index is 740. The number of benzene rings is 1. The number of carbonyl (C=O) groups excluding carboxylic acids is 1. The van der Waals surface area contributed by atoms with Crippen LogP contribution in [-0.2, 0) is 0 Å². The van der Waals surface area contributed by atoms with E-state index in [1.807, 2.05) is 36.1 Å². The number of carbonyl (C=O) groups is 1. The maximum atomic E-state index is 12.8. The fourth-order valence-corrected chi connectivity index (χ4v) is 4.14. The van der Waals surface area contributed by atoms with E-state index < -0.39 is 0 Å². The normalized spacial score (nSPS) is 19.9. The molecule has 0 aliphatic carbocycles. The van der Waals surface area contributed by atoms with Crippen LogP contribution >= 0.6 is 11.3 Å². The third-order valence-corrected chi connectivity index (χ3v) is 5.40. The molecule has 2 aromatic rings. The molecule has 1 unspecified atom stereocenters. The molecule has 1 saturated heterocycles. The lowest BCUT2D eigenvalue weighted by Crippen LogP contribution is -2.30. The van der Waals surface area contributed by atoms with Crippen LogP contribution in [0.25, 0.3) is 0 Å². The zero-order valence-electron chi connectivity index (χ0n) is 13.1. The highest BCUT2D eigenvalue weighted by Crippen LogP contribution is 2.39. The van der Waals surface area contributed by atoms with Gasteiger partial charge in [-0.05, 0) is 49.6 Å². The van der Waals surface area contributed by atoms with Crippen LogP contribution in [0.5, 0.6) is 11.5 Å². The summed E-state index contributed by atoms with van der Waals surface area (Å²) in [6.07, 6.45) is 2.03. The summed E-state index contributed by atoms with van der Waals surface area (Å²) in [7, 11) is 0. The van der Waals surface area contributed by atoms with Crippen molar-refractivity contribution in [3.8, 4) is 11.5 Å². The molecule has 4 nitrogen and oxygen atoms in total. The van der Waals surface area contributed by atoms with Crippen LogP contribution < -0.4 is 9.47 Å². The van der Waals surface area contributed by atoms with Crippen molar-refractivity contribution in [1.29, 1.82) is 0 Å². The summed E-state index contributed by atoms with van der Waals surface area (Å²) in [5.74, 6) is 1.73. The molecule has 1 amide bonds. The number of hydrogen-bond donors (Lipinski definition) is 0. The first kappa shape index (κ1) is 14.6. The van der Waals surface area contributed by atoms with Crippen molar-refractivity contribution in [2.75, 3.05) is 19.8 Å². The van der Waals surface area contributed by atoms with Gasteiger partial charge in [0, 0.05) is 11.4 Å². The van der Waals surface area contributed by atoms with Crippen molar-refractivity contribution in [2.24, 2.45) is 0 Å². The van der Waals surface area contributed by atoms with Gasteiger partial charge in [-0.3, -0.25) is 4.79 Å². The molecule has 0 spiro atoms. The molecule has 1 atom stereocenters. The monoisotopic (exact) mass is 329 g/mol. The molecule has 1 aromatic carbocycles. The van der Waals surface area contributed by atoms with Gasteiger partial charge in [0.25, 0.3) is 5.91 Å². The number of hydrogen-bond acceptors (Lipinski definition) is 4. The van der Waals surface area contributed by atoms with Crippen molar-refractivity contribution in [3.05, 3.63) is 45.6 Å². The molecule has 0 radical (unpaired) electrons. The van der Waals surface area contributed by atoms with Crippen molar-refractivity contribution >= 4 is 17.2 Å². The summed E-state index contributed by atoms with van der Waals surface area (Å²) >= 11 is 1.57. The van der Waals surface area contributed by atoms with Crippen molar-refractivity contribution in [3.63, 3.8) is 0 Å². The Morgan fingerprint density at radius 2 is 2.00 bits per heavy atom. The molecule has 2 aliphatic rings. The molecule has 0 saturated carbocycles. The maximum absolute atomic E-state index is 12.8. The van der Waals surface area contributed by atoms with Crippen LogP contribution in [0, 0.1) is 6.92 Å². The lowest BCUT2D eigenvalue weighted by molar-refractivity contribution is 0.0740. The lowest BCUT2D eigenvalue weighted by Gasteiger charge is -2.26. The van der Waals surface area contributed by atoms with Gasteiger partial charge in [0.05, 0.1) is 10.9 Å². The maximum Gasteiger partial charge on any atom is 0.264 e. The molecule has 1 fully saturated rings. The topological polar surface area (TPSA) is 38.8 Å².